The highest BCUT2D eigenvalue weighted by Gasteiger charge is 2.14. The summed E-state index contributed by atoms with van der Waals surface area (Å²) < 4.78 is 5.16. The van der Waals surface area contributed by atoms with Gasteiger partial charge in [0.1, 0.15) is 10.8 Å². The van der Waals surface area contributed by atoms with Crippen LogP contribution < -0.4 is 10.5 Å². The number of thiazole rings is 1. The molecule has 1 unspecified atom stereocenters. The van der Waals surface area contributed by atoms with Crippen molar-refractivity contribution in [3.8, 4) is 17.0 Å². The molecular weight excluding hydrogens is 280 g/mol. The second-order valence-corrected chi connectivity index (χ2v) is 5.58. The molecule has 2 aromatic carbocycles. The van der Waals surface area contributed by atoms with Gasteiger partial charge >= 0.3 is 0 Å². The molecule has 0 spiro atoms. The number of aromatic nitrogens is 1. The molecule has 0 aliphatic rings. The molecule has 1 heterocycles. The van der Waals surface area contributed by atoms with Gasteiger partial charge in [-0.15, -0.1) is 11.3 Å². The number of ether oxygens (including phenoxy) is 1. The van der Waals surface area contributed by atoms with E-state index in [4.69, 9.17) is 10.5 Å². The maximum atomic E-state index is 6.31. The van der Waals surface area contributed by atoms with Gasteiger partial charge in [0.2, 0.25) is 0 Å². The third-order valence-electron chi connectivity index (χ3n) is 3.33. The van der Waals surface area contributed by atoms with Crippen LogP contribution in [-0.2, 0) is 0 Å². The summed E-state index contributed by atoms with van der Waals surface area (Å²) in [5.41, 5.74) is 9.42. The second-order valence-electron chi connectivity index (χ2n) is 4.69. The van der Waals surface area contributed by atoms with Crippen molar-refractivity contribution in [2.45, 2.75) is 6.04 Å². The minimum absolute atomic E-state index is 0.210. The van der Waals surface area contributed by atoms with Crippen molar-refractivity contribution < 1.29 is 4.74 Å². The van der Waals surface area contributed by atoms with Crippen molar-refractivity contribution in [3.63, 3.8) is 0 Å². The lowest BCUT2D eigenvalue weighted by molar-refractivity contribution is 0.414. The molecule has 0 saturated heterocycles. The highest BCUT2D eigenvalue weighted by Crippen LogP contribution is 2.28. The molecule has 0 saturated carbocycles. The van der Waals surface area contributed by atoms with E-state index in [1.54, 1.807) is 18.4 Å². The van der Waals surface area contributed by atoms with Crippen LogP contribution in [0.3, 0.4) is 0 Å². The number of hydrogen-bond acceptors (Lipinski definition) is 4. The number of nitrogens with two attached hydrogens (primary N) is 1. The minimum Gasteiger partial charge on any atom is -0.497 e. The Morgan fingerprint density at radius 2 is 1.76 bits per heavy atom. The fraction of sp³-hybridized carbons (Fsp3) is 0.118. The molecule has 0 aliphatic heterocycles. The van der Waals surface area contributed by atoms with E-state index < -0.39 is 0 Å². The summed E-state index contributed by atoms with van der Waals surface area (Å²) in [6, 6.07) is 17.7. The van der Waals surface area contributed by atoms with E-state index in [9.17, 15) is 0 Å². The average molecular weight is 296 g/mol. The van der Waals surface area contributed by atoms with E-state index in [1.807, 2.05) is 47.8 Å². The molecule has 106 valence electrons. The Morgan fingerprint density at radius 1 is 1.05 bits per heavy atom. The number of rotatable bonds is 4. The summed E-state index contributed by atoms with van der Waals surface area (Å²) in [6.07, 6.45) is 0. The van der Waals surface area contributed by atoms with Gasteiger partial charge in [0, 0.05) is 10.9 Å². The second kappa shape index (κ2) is 6.08. The van der Waals surface area contributed by atoms with Gasteiger partial charge in [-0.1, -0.05) is 42.5 Å². The van der Waals surface area contributed by atoms with Crippen molar-refractivity contribution in [3.05, 3.63) is 70.5 Å². The molecule has 0 bridgehead atoms. The lowest BCUT2D eigenvalue weighted by atomic mass is 10.1. The molecule has 3 nitrogen and oxygen atoms in total. The molecule has 1 atom stereocenters. The number of nitrogens with zero attached hydrogens (tertiary/aromatic N) is 1. The zero-order valence-corrected chi connectivity index (χ0v) is 12.5. The van der Waals surface area contributed by atoms with Crippen molar-refractivity contribution in [1.82, 2.24) is 4.98 Å². The Balaban J connectivity index is 1.85. The summed E-state index contributed by atoms with van der Waals surface area (Å²) in [7, 11) is 1.65. The largest absolute Gasteiger partial charge is 0.497 e. The van der Waals surface area contributed by atoms with Gasteiger partial charge in [-0.25, -0.2) is 4.98 Å². The molecule has 1 aromatic heterocycles. The topological polar surface area (TPSA) is 48.1 Å². The van der Waals surface area contributed by atoms with E-state index in [0.717, 1.165) is 27.6 Å². The van der Waals surface area contributed by atoms with Crippen LogP contribution in [0.2, 0.25) is 0 Å². The summed E-state index contributed by atoms with van der Waals surface area (Å²) in [5, 5.41) is 2.97. The summed E-state index contributed by atoms with van der Waals surface area (Å²) in [5.74, 6) is 0.829. The Bertz CT molecular complexity index is 707. The Labute approximate surface area is 128 Å². The number of benzene rings is 2. The van der Waals surface area contributed by atoms with Crippen molar-refractivity contribution in [2.24, 2.45) is 5.73 Å². The van der Waals surface area contributed by atoms with Crippen LogP contribution in [0.5, 0.6) is 5.75 Å². The molecule has 4 heteroatoms. The van der Waals surface area contributed by atoms with E-state index in [1.165, 1.54) is 0 Å². The molecule has 0 amide bonds. The predicted octanol–water partition coefficient (Wildman–Crippen LogP) is 3.87. The highest BCUT2D eigenvalue weighted by atomic mass is 32.1. The van der Waals surface area contributed by atoms with Gasteiger partial charge in [0.15, 0.2) is 0 Å². The van der Waals surface area contributed by atoms with Crippen LogP contribution >= 0.6 is 11.3 Å². The fourth-order valence-corrected chi connectivity index (χ4v) is 2.98. The van der Waals surface area contributed by atoms with Crippen LogP contribution in [0, 0.1) is 0 Å². The highest BCUT2D eigenvalue weighted by molar-refractivity contribution is 7.10. The van der Waals surface area contributed by atoms with Crippen molar-refractivity contribution in [2.75, 3.05) is 7.11 Å². The van der Waals surface area contributed by atoms with Crippen molar-refractivity contribution >= 4 is 11.3 Å². The molecular formula is C17H16N2OS. The first-order chi connectivity index (χ1) is 10.3. The molecule has 0 fully saturated rings. The Kier molecular flexibility index (Phi) is 3.99. The summed E-state index contributed by atoms with van der Waals surface area (Å²) in [6.45, 7) is 0. The van der Waals surface area contributed by atoms with Crippen LogP contribution in [0.1, 0.15) is 16.6 Å². The van der Waals surface area contributed by atoms with Gasteiger partial charge in [0.05, 0.1) is 18.8 Å². The zero-order chi connectivity index (χ0) is 14.7. The van der Waals surface area contributed by atoms with E-state index in [2.05, 4.69) is 17.1 Å². The minimum atomic E-state index is -0.210. The molecule has 21 heavy (non-hydrogen) atoms. The van der Waals surface area contributed by atoms with E-state index in [-0.39, 0.29) is 6.04 Å². The van der Waals surface area contributed by atoms with Crippen LogP contribution in [0.4, 0.5) is 0 Å². The maximum Gasteiger partial charge on any atom is 0.118 e. The summed E-state index contributed by atoms with van der Waals surface area (Å²) >= 11 is 1.59. The predicted molar refractivity (Wildman–Crippen MR) is 86.6 cm³/mol. The average Bonchev–Trinajstić information content (AvgIpc) is 3.05. The van der Waals surface area contributed by atoms with Crippen molar-refractivity contribution in [1.29, 1.82) is 0 Å². The fourth-order valence-electron chi connectivity index (χ4n) is 2.13. The Hall–Kier alpha value is -2.17. The third-order valence-corrected chi connectivity index (χ3v) is 4.26. The monoisotopic (exact) mass is 296 g/mol. The van der Waals surface area contributed by atoms with Gasteiger partial charge in [-0.2, -0.15) is 0 Å². The molecule has 3 aromatic rings. The van der Waals surface area contributed by atoms with Gasteiger partial charge in [-0.3, -0.25) is 0 Å². The van der Waals surface area contributed by atoms with Crippen LogP contribution in [0.25, 0.3) is 11.3 Å². The smallest absolute Gasteiger partial charge is 0.118 e. The zero-order valence-electron chi connectivity index (χ0n) is 11.7. The molecule has 0 radical (unpaired) electrons. The SMILES string of the molecule is COc1ccc(C(N)c2nc(-c3ccccc3)cs2)cc1. The number of hydrogen-bond donors (Lipinski definition) is 1. The molecule has 3 rings (SSSR count). The molecule has 2 N–H and O–H groups in total. The third kappa shape index (κ3) is 2.96. The van der Waals surface area contributed by atoms with Crippen LogP contribution in [-0.4, -0.2) is 12.1 Å². The quantitative estimate of drug-likeness (QED) is 0.795. The number of methoxy groups -OCH3 is 1. The lowest BCUT2D eigenvalue weighted by Crippen LogP contribution is -2.11. The van der Waals surface area contributed by atoms with Crippen LogP contribution in [0.15, 0.2) is 60.0 Å². The molecule has 0 aliphatic carbocycles. The first kappa shape index (κ1) is 13.8. The normalized spacial score (nSPS) is 12.1. The van der Waals surface area contributed by atoms with Gasteiger partial charge in [0.25, 0.3) is 0 Å². The first-order valence-electron chi connectivity index (χ1n) is 6.68. The summed E-state index contributed by atoms with van der Waals surface area (Å²) in [4.78, 5) is 4.66. The Morgan fingerprint density at radius 3 is 2.43 bits per heavy atom. The van der Waals surface area contributed by atoms with E-state index in [0.29, 0.717) is 0 Å². The van der Waals surface area contributed by atoms with Gasteiger partial charge in [-0.05, 0) is 17.7 Å². The van der Waals surface area contributed by atoms with E-state index >= 15 is 0 Å². The maximum absolute atomic E-state index is 6.31. The lowest BCUT2D eigenvalue weighted by Gasteiger charge is -2.09. The standard InChI is InChI=1S/C17H16N2OS/c1-20-14-9-7-13(8-10-14)16(18)17-19-15(11-21-17)12-5-3-2-4-6-12/h2-11,16H,18H2,1H3. The van der Waals surface area contributed by atoms with Gasteiger partial charge < -0.3 is 10.5 Å². The first-order valence-corrected chi connectivity index (χ1v) is 7.56.